The van der Waals surface area contributed by atoms with Crippen molar-refractivity contribution >= 4 is 28.2 Å². The molecule has 2 aromatic carbocycles. The number of hydrogen-bond acceptors (Lipinski definition) is 2. The number of anilines is 2. The third-order valence-electron chi connectivity index (χ3n) is 3.39. The first kappa shape index (κ1) is 14.1. The van der Waals surface area contributed by atoms with Crippen molar-refractivity contribution in [3.63, 3.8) is 0 Å². The molecular weight excluding hydrogens is 288 g/mol. The lowest BCUT2D eigenvalue weighted by Gasteiger charge is -2.08. The van der Waals surface area contributed by atoms with Crippen LogP contribution in [0.2, 0.25) is 0 Å². The van der Waals surface area contributed by atoms with Crippen LogP contribution in [-0.2, 0) is 11.2 Å². The van der Waals surface area contributed by atoms with Crippen LogP contribution in [0.4, 0.5) is 20.2 Å². The number of H-pyrrole nitrogens is 1. The molecule has 6 heteroatoms. The Labute approximate surface area is 124 Å². The molecule has 3 rings (SSSR count). The van der Waals surface area contributed by atoms with Crippen molar-refractivity contribution in [2.75, 3.05) is 11.1 Å². The zero-order chi connectivity index (χ0) is 15.7. The third-order valence-corrected chi connectivity index (χ3v) is 3.39. The Morgan fingerprint density at radius 3 is 2.86 bits per heavy atom. The van der Waals surface area contributed by atoms with Crippen LogP contribution in [0.15, 0.2) is 42.6 Å². The number of aromatic nitrogens is 1. The fraction of sp³-hybridized carbons (Fsp3) is 0.0625. The second-order valence-electron chi connectivity index (χ2n) is 4.93. The Bertz CT molecular complexity index is 858. The summed E-state index contributed by atoms with van der Waals surface area (Å²) in [5, 5.41) is 3.20. The number of benzene rings is 2. The molecule has 22 heavy (non-hydrogen) atoms. The standard InChI is InChI=1S/C16H13F2N3O/c17-10-4-5-13(19)14(7-10)21-15(22)6-9-8-20-16-11(9)2-1-3-12(16)18/h1-5,7-8,20H,6,19H2,(H,21,22). The molecule has 0 saturated heterocycles. The van der Waals surface area contributed by atoms with Crippen molar-refractivity contribution in [1.29, 1.82) is 0 Å². The van der Waals surface area contributed by atoms with Gasteiger partial charge >= 0.3 is 0 Å². The SMILES string of the molecule is Nc1ccc(F)cc1NC(=O)Cc1c[nH]c2c(F)cccc12. The maximum atomic E-state index is 13.6. The van der Waals surface area contributed by atoms with Crippen LogP contribution in [0.25, 0.3) is 10.9 Å². The number of nitrogens with one attached hydrogen (secondary N) is 2. The van der Waals surface area contributed by atoms with Crippen LogP contribution in [0.1, 0.15) is 5.56 Å². The highest BCUT2D eigenvalue weighted by Gasteiger charge is 2.12. The normalized spacial score (nSPS) is 10.8. The molecule has 0 aliphatic rings. The summed E-state index contributed by atoms with van der Waals surface area (Å²) < 4.78 is 26.8. The minimum absolute atomic E-state index is 0.0272. The number of carbonyl (C=O) groups is 1. The van der Waals surface area contributed by atoms with E-state index in [1.807, 2.05) is 0 Å². The van der Waals surface area contributed by atoms with Gasteiger partial charge in [0.15, 0.2) is 0 Å². The zero-order valence-corrected chi connectivity index (χ0v) is 11.5. The van der Waals surface area contributed by atoms with Gasteiger partial charge in [0.05, 0.1) is 23.3 Å². The van der Waals surface area contributed by atoms with Crippen molar-refractivity contribution in [3.8, 4) is 0 Å². The molecule has 4 nitrogen and oxygen atoms in total. The number of para-hydroxylation sites is 1. The molecule has 0 atom stereocenters. The summed E-state index contributed by atoms with van der Waals surface area (Å²) in [5.74, 6) is -1.22. The maximum absolute atomic E-state index is 13.6. The van der Waals surface area contributed by atoms with Gasteiger partial charge in [0, 0.05) is 11.6 Å². The topological polar surface area (TPSA) is 70.9 Å². The molecule has 0 aliphatic carbocycles. The van der Waals surface area contributed by atoms with E-state index in [2.05, 4.69) is 10.3 Å². The molecular formula is C16H13F2N3O. The Hall–Kier alpha value is -2.89. The summed E-state index contributed by atoms with van der Waals surface area (Å²) >= 11 is 0. The third kappa shape index (κ3) is 2.63. The highest BCUT2D eigenvalue weighted by Crippen LogP contribution is 2.23. The first-order valence-corrected chi connectivity index (χ1v) is 6.64. The quantitative estimate of drug-likeness (QED) is 0.650. The van der Waals surface area contributed by atoms with Crippen LogP contribution >= 0.6 is 0 Å². The molecule has 112 valence electrons. The summed E-state index contributed by atoms with van der Waals surface area (Å²) in [4.78, 5) is 14.9. The van der Waals surface area contributed by atoms with Gasteiger partial charge in [-0.3, -0.25) is 4.79 Å². The number of rotatable bonds is 3. The molecule has 0 unspecified atom stereocenters. The van der Waals surface area contributed by atoms with Gasteiger partial charge in [-0.1, -0.05) is 12.1 Å². The predicted octanol–water partition coefficient (Wildman–Crippen LogP) is 3.21. The fourth-order valence-corrected chi connectivity index (χ4v) is 2.33. The minimum Gasteiger partial charge on any atom is -0.397 e. The number of carbonyl (C=O) groups excluding carboxylic acids is 1. The highest BCUT2D eigenvalue weighted by atomic mass is 19.1. The second-order valence-corrected chi connectivity index (χ2v) is 4.93. The Kier molecular flexibility index (Phi) is 3.50. The molecule has 1 heterocycles. The fourth-order valence-electron chi connectivity index (χ4n) is 2.33. The average molecular weight is 301 g/mol. The molecule has 3 aromatic rings. The van der Waals surface area contributed by atoms with Gasteiger partial charge in [-0.15, -0.1) is 0 Å². The number of halogens is 2. The van der Waals surface area contributed by atoms with Gasteiger partial charge in [0.25, 0.3) is 0 Å². The van der Waals surface area contributed by atoms with Gasteiger partial charge in [0.1, 0.15) is 11.6 Å². The lowest BCUT2D eigenvalue weighted by Crippen LogP contribution is -2.15. The molecule has 0 saturated carbocycles. The summed E-state index contributed by atoms with van der Waals surface area (Å²) in [5.41, 5.74) is 7.19. The first-order valence-electron chi connectivity index (χ1n) is 6.64. The number of hydrogen-bond donors (Lipinski definition) is 3. The monoisotopic (exact) mass is 301 g/mol. The minimum atomic E-state index is -0.487. The number of amides is 1. The summed E-state index contributed by atoms with van der Waals surface area (Å²) in [6.07, 6.45) is 1.61. The average Bonchev–Trinajstić information content (AvgIpc) is 2.87. The van der Waals surface area contributed by atoms with Gasteiger partial charge in [0.2, 0.25) is 5.91 Å². The van der Waals surface area contributed by atoms with Gasteiger partial charge in [-0.25, -0.2) is 8.78 Å². The molecule has 0 radical (unpaired) electrons. The van der Waals surface area contributed by atoms with E-state index >= 15 is 0 Å². The van der Waals surface area contributed by atoms with Crippen LogP contribution < -0.4 is 11.1 Å². The molecule has 0 fully saturated rings. The number of aromatic amines is 1. The second kappa shape index (κ2) is 5.48. The largest absolute Gasteiger partial charge is 0.397 e. The van der Waals surface area contributed by atoms with E-state index < -0.39 is 5.82 Å². The van der Waals surface area contributed by atoms with E-state index in [4.69, 9.17) is 5.73 Å². The van der Waals surface area contributed by atoms with E-state index in [0.29, 0.717) is 16.5 Å². The molecule has 0 aliphatic heterocycles. The van der Waals surface area contributed by atoms with Crippen molar-refractivity contribution < 1.29 is 13.6 Å². The summed E-state index contributed by atoms with van der Waals surface area (Å²) in [6.45, 7) is 0. The van der Waals surface area contributed by atoms with Crippen molar-refractivity contribution in [2.24, 2.45) is 0 Å². The van der Waals surface area contributed by atoms with Crippen molar-refractivity contribution in [1.82, 2.24) is 4.98 Å². The molecule has 1 aromatic heterocycles. The van der Waals surface area contributed by atoms with Gasteiger partial charge in [-0.05, 0) is 29.8 Å². The number of fused-ring (bicyclic) bond motifs is 1. The van der Waals surface area contributed by atoms with E-state index in [-0.39, 0.29) is 29.5 Å². The van der Waals surface area contributed by atoms with Crippen LogP contribution in [-0.4, -0.2) is 10.9 Å². The number of nitrogen functional groups attached to an aromatic ring is 1. The van der Waals surface area contributed by atoms with Gasteiger partial charge in [-0.2, -0.15) is 0 Å². The Balaban J connectivity index is 1.81. The zero-order valence-electron chi connectivity index (χ0n) is 11.5. The lowest BCUT2D eigenvalue weighted by atomic mass is 10.1. The van der Waals surface area contributed by atoms with E-state index in [1.165, 1.54) is 18.2 Å². The maximum Gasteiger partial charge on any atom is 0.228 e. The highest BCUT2D eigenvalue weighted by molar-refractivity contribution is 5.97. The Morgan fingerprint density at radius 2 is 2.05 bits per heavy atom. The predicted molar refractivity (Wildman–Crippen MR) is 81.4 cm³/mol. The van der Waals surface area contributed by atoms with Crippen LogP contribution in [0.5, 0.6) is 0 Å². The van der Waals surface area contributed by atoms with E-state index in [1.54, 1.807) is 18.3 Å². The summed E-state index contributed by atoms with van der Waals surface area (Å²) in [6, 6.07) is 8.41. The molecule has 1 amide bonds. The summed E-state index contributed by atoms with van der Waals surface area (Å²) in [7, 11) is 0. The number of nitrogens with two attached hydrogens (primary N) is 1. The molecule has 0 bridgehead atoms. The van der Waals surface area contributed by atoms with Gasteiger partial charge < -0.3 is 16.0 Å². The lowest BCUT2D eigenvalue weighted by molar-refractivity contribution is -0.115. The smallest absolute Gasteiger partial charge is 0.228 e. The molecule has 4 N–H and O–H groups in total. The van der Waals surface area contributed by atoms with Crippen molar-refractivity contribution in [3.05, 3.63) is 59.8 Å². The van der Waals surface area contributed by atoms with E-state index in [0.717, 1.165) is 6.07 Å². The van der Waals surface area contributed by atoms with Crippen LogP contribution in [0, 0.1) is 11.6 Å². The van der Waals surface area contributed by atoms with E-state index in [9.17, 15) is 13.6 Å². The van der Waals surface area contributed by atoms with Crippen molar-refractivity contribution in [2.45, 2.75) is 6.42 Å². The first-order chi connectivity index (χ1) is 10.5. The van der Waals surface area contributed by atoms with Crippen LogP contribution in [0.3, 0.4) is 0 Å². The molecule has 0 spiro atoms. The Morgan fingerprint density at radius 1 is 1.23 bits per heavy atom.